The standard InChI is InChI=1S/C18H28INO/c1-6-11-20-16(13-7-9-14(19)10-8-13)15-12-17(2,3)21-18(15,4)5/h7-10,15-16,20H,6,11-12H2,1-5H3. The number of nitrogens with one attached hydrogen (secondary N) is 1. The normalized spacial score (nSPS) is 25.0. The Morgan fingerprint density at radius 2 is 1.86 bits per heavy atom. The lowest BCUT2D eigenvalue weighted by atomic mass is 9.79. The minimum Gasteiger partial charge on any atom is -0.369 e. The van der Waals surface area contributed by atoms with E-state index in [0.717, 1.165) is 19.4 Å². The van der Waals surface area contributed by atoms with Crippen molar-refractivity contribution in [3.8, 4) is 0 Å². The summed E-state index contributed by atoms with van der Waals surface area (Å²) in [4.78, 5) is 0. The van der Waals surface area contributed by atoms with Crippen molar-refractivity contribution in [2.24, 2.45) is 5.92 Å². The van der Waals surface area contributed by atoms with Gasteiger partial charge in [0.1, 0.15) is 0 Å². The Morgan fingerprint density at radius 3 is 2.33 bits per heavy atom. The van der Waals surface area contributed by atoms with Crippen molar-refractivity contribution >= 4 is 22.6 Å². The molecular formula is C18H28INO. The summed E-state index contributed by atoms with van der Waals surface area (Å²) in [6, 6.07) is 9.28. The van der Waals surface area contributed by atoms with E-state index in [2.05, 4.69) is 86.8 Å². The summed E-state index contributed by atoms with van der Waals surface area (Å²) in [7, 11) is 0. The third-order valence-corrected chi connectivity index (χ3v) is 5.11. The molecule has 0 radical (unpaired) electrons. The molecule has 1 heterocycles. The maximum atomic E-state index is 6.31. The van der Waals surface area contributed by atoms with Gasteiger partial charge in [0.2, 0.25) is 0 Å². The van der Waals surface area contributed by atoms with E-state index >= 15 is 0 Å². The molecule has 1 aliphatic rings. The lowest BCUT2D eigenvalue weighted by Gasteiger charge is -2.34. The molecule has 0 aliphatic carbocycles. The van der Waals surface area contributed by atoms with Crippen LogP contribution in [0.25, 0.3) is 0 Å². The first-order valence-electron chi connectivity index (χ1n) is 7.94. The Hall–Kier alpha value is -0.130. The number of benzene rings is 1. The molecule has 0 bridgehead atoms. The molecule has 0 amide bonds. The van der Waals surface area contributed by atoms with Crippen LogP contribution < -0.4 is 5.32 Å². The zero-order valence-electron chi connectivity index (χ0n) is 13.9. The zero-order chi connectivity index (χ0) is 15.7. The summed E-state index contributed by atoms with van der Waals surface area (Å²) < 4.78 is 7.60. The molecule has 0 saturated carbocycles. The molecule has 118 valence electrons. The molecule has 0 spiro atoms. The van der Waals surface area contributed by atoms with Crippen LogP contribution in [0, 0.1) is 9.49 Å². The van der Waals surface area contributed by atoms with Crippen LogP contribution in [0.5, 0.6) is 0 Å². The van der Waals surface area contributed by atoms with Crippen molar-refractivity contribution in [1.29, 1.82) is 0 Å². The zero-order valence-corrected chi connectivity index (χ0v) is 16.0. The number of ether oxygens (including phenoxy) is 1. The van der Waals surface area contributed by atoms with Gasteiger partial charge in [-0.05, 0) is 87.4 Å². The maximum Gasteiger partial charge on any atom is 0.0681 e. The smallest absolute Gasteiger partial charge is 0.0681 e. The number of halogens is 1. The van der Waals surface area contributed by atoms with Crippen LogP contribution in [0.4, 0.5) is 0 Å². The Labute approximate surface area is 143 Å². The van der Waals surface area contributed by atoms with Crippen LogP contribution in [-0.2, 0) is 4.74 Å². The second-order valence-corrected chi connectivity index (χ2v) is 8.50. The molecular weight excluding hydrogens is 373 g/mol. The average molecular weight is 401 g/mol. The molecule has 1 aromatic carbocycles. The second-order valence-electron chi connectivity index (χ2n) is 7.26. The lowest BCUT2D eigenvalue weighted by molar-refractivity contribution is -0.0778. The van der Waals surface area contributed by atoms with Gasteiger partial charge >= 0.3 is 0 Å². The highest BCUT2D eigenvalue weighted by Gasteiger charge is 2.49. The number of rotatable bonds is 5. The fourth-order valence-electron chi connectivity index (χ4n) is 3.59. The molecule has 2 nitrogen and oxygen atoms in total. The number of hydrogen-bond donors (Lipinski definition) is 1. The van der Waals surface area contributed by atoms with Gasteiger partial charge in [-0.1, -0.05) is 19.1 Å². The minimum atomic E-state index is -0.0993. The molecule has 2 atom stereocenters. The molecule has 2 unspecified atom stereocenters. The summed E-state index contributed by atoms with van der Waals surface area (Å²) in [5.41, 5.74) is 1.24. The van der Waals surface area contributed by atoms with Crippen molar-refractivity contribution in [2.45, 2.75) is 64.7 Å². The van der Waals surface area contributed by atoms with Crippen molar-refractivity contribution in [3.05, 3.63) is 33.4 Å². The molecule has 0 aromatic heterocycles. The third-order valence-electron chi connectivity index (χ3n) is 4.39. The van der Waals surface area contributed by atoms with Crippen LogP contribution in [0.3, 0.4) is 0 Å². The lowest BCUT2D eigenvalue weighted by Crippen LogP contribution is -2.38. The fourth-order valence-corrected chi connectivity index (χ4v) is 3.95. The first-order valence-corrected chi connectivity index (χ1v) is 9.02. The van der Waals surface area contributed by atoms with Crippen molar-refractivity contribution in [3.63, 3.8) is 0 Å². The SMILES string of the molecule is CCCNC(c1ccc(I)cc1)C1CC(C)(C)OC1(C)C. The van der Waals surface area contributed by atoms with Gasteiger partial charge in [0.25, 0.3) is 0 Å². The van der Waals surface area contributed by atoms with Gasteiger partial charge in [0.05, 0.1) is 11.2 Å². The number of hydrogen-bond acceptors (Lipinski definition) is 2. The summed E-state index contributed by atoms with van der Waals surface area (Å²) in [5.74, 6) is 0.485. The largest absolute Gasteiger partial charge is 0.369 e. The minimum absolute atomic E-state index is 0.0382. The van der Waals surface area contributed by atoms with Crippen LogP contribution in [0.1, 0.15) is 59.1 Å². The predicted octanol–water partition coefficient (Wildman–Crippen LogP) is 4.93. The molecule has 1 aromatic rings. The van der Waals surface area contributed by atoms with Gasteiger partial charge < -0.3 is 10.1 Å². The third kappa shape index (κ3) is 4.20. The molecule has 2 rings (SSSR count). The summed E-state index contributed by atoms with van der Waals surface area (Å²) in [6.07, 6.45) is 2.24. The molecule has 1 saturated heterocycles. The Balaban J connectivity index is 2.29. The van der Waals surface area contributed by atoms with Crippen LogP contribution in [0.15, 0.2) is 24.3 Å². The van der Waals surface area contributed by atoms with Crippen LogP contribution in [0.2, 0.25) is 0 Å². The maximum absolute atomic E-state index is 6.31. The summed E-state index contributed by atoms with van der Waals surface area (Å²) >= 11 is 2.36. The van der Waals surface area contributed by atoms with Crippen molar-refractivity contribution < 1.29 is 4.74 Å². The van der Waals surface area contributed by atoms with Gasteiger partial charge in [0.15, 0.2) is 0 Å². The van der Waals surface area contributed by atoms with E-state index in [1.807, 2.05) is 0 Å². The quantitative estimate of drug-likeness (QED) is 0.707. The molecule has 3 heteroatoms. The van der Waals surface area contributed by atoms with Gasteiger partial charge in [-0.25, -0.2) is 0 Å². The van der Waals surface area contributed by atoms with Crippen LogP contribution >= 0.6 is 22.6 Å². The van der Waals surface area contributed by atoms with E-state index in [0.29, 0.717) is 12.0 Å². The van der Waals surface area contributed by atoms with E-state index in [1.165, 1.54) is 9.13 Å². The first kappa shape index (κ1) is 17.2. The van der Waals surface area contributed by atoms with Gasteiger partial charge in [-0.15, -0.1) is 0 Å². The first-order chi connectivity index (χ1) is 9.75. The van der Waals surface area contributed by atoms with E-state index in [4.69, 9.17) is 4.74 Å². The predicted molar refractivity (Wildman–Crippen MR) is 97.5 cm³/mol. The highest BCUT2D eigenvalue weighted by atomic mass is 127. The Bertz CT molecular complexity index is 467. The monoisotopic (exact) mass is 401 g/mol. The summed E-state index contributed by atoms with van der Waals surface area (Å²) in [6.45, 7) is 12.2. The van der Waals surface area contributed by atoms with E-state index in [1.54, 1.807) is 0 Å². The van der Waals surface area contributed by atoms with E-state index < -0.39 is 0 Å². The Kier molecular flexibility index (Phi) is 5.37. The van der Waals surface area contributed by atoms with E-state index in [9.17, 15) is 0 Å². The van der Waals surface area contributed by atoms with E-state index in [-0.39, 0.29) is 11.2 Å². The second kappa shape index (κ2) is 6.55. The van der Waals surface area contributed by atoms with Crippen molar-refractivity contribution in [1.82, 2.24) is 5.32 Å². The van der Waals surface area contributed by atoms with Gasteiger partial charge in [-0.3, -0.25) is 0 Å². The summed E-state index contributed by atoms with van der Waals surface area (Å²) in [5, 5.41) is 3.76. The highest BCUT2D eigenvalue weighted by molar-refractivity contribution is 14.1. The van der Waals surface area contributed by atoms with Gasteiger partial charge in [0, 0.05) is 15.5 Å². The fraction of sp³-hybridized carbons (Fsp3) is 0.667. The van der Waals surface area contributed by atoms with Crippen LogP contribution in [-0.4, -0.2) is 17.7 Å². The molecule has 1 fully saturated rings. The molecule has 1 N–H and O–H groups in total. The Morgan fingerprint density at radius 1 is 1.24 bits per heavy atom. The topological polar surface area (TPSA) is 21.3 Å². The molecule has 21 heavy (non-hydrogen) atoms. The van der Waals surface area contributed by atoms with Crippen molar-refractivity contribution in [2.75, 3.05) is 6.54 Å². The average Bonchev–Trinajstić information content (AvgIpc) is 2.60. The highest BCUT2D eigenvalue weighted by Crippen LogP contribution is 2.47. The molecule has 1 aliphatic heterocycles. The van der Waals surface area contributed by atoms with Gasteiger partial charge in [-0.2, -0.15) is 0 Å².